The third kappa shape index (κ3) is 2.49. The molecule has 0 aromatic heterocycles. The summed E-state index contributed by atoms with van der Waals surface area (Å²) < 4.78 is 25.4. The van der Waals surface area contributed by atoms with E-state index in [1.807, 2.05) is 0 Å². The molecule has 8 heteroatoms. The smallest absolute Gasteiger partial charge is 0.304 e. The van der Waals surface area contributed by atoms with Gasteiger partial charge in [-0.05, 0) is 12.8 Å². The van der Waals surface area contributed by atoms with Gasteiger partial charge in [-0.25, -0.2) is 8.42 Å². The Morgan fingerprint density at radius 3 is 2.89 bits per heavy atom. The topological polar surface area (TPSA) is 104 Å². The number of carbonyl (C=O) groups excluding carboxylic acids is 1. The fourth-order valence-electron chi connectivity index (χ4n) is 2.59. The van der Waals surface area contributed by atoms with Gasteiger partial charge in [-0.2, -0.15) is 4.31 Å². The first-order chi connectivity index (χ1) is 8.42. The number of carboxylic acid groups (broad SMARTS) is 1. The van der Waals surface area contributed by atoms with Crippen molar-refractivity contribution in [2.24, 2.45) is 5.92 Å². The zero-order valence-corrected chi connectivity index (χ0v) is 10.6. The van der Waals surface area contributed by atoms with Crippen LogP contribution < -0.4 is 5.32 Å². The van der Waals surface area contributed by atoms with Gasteiger partial charge in [0.15, 0.2) is 0 Å². The maximum absolute atomic E-state index is 12.1. The molecule has 2 fully saturated rings. The monoisotopic (exact) mass is 276 g/mol. The summed E-state index contributed by atoms with van der Waals surface area (Å²) in [6.45, 7) is 0.702. The van der Waals surface area contributed by atoms with Crippen LogP contribution in [-0.2, 0) is 19.6 Å². The predicted octanol–water partition coefficient (Wildman–Crippen LogP) is -0.999. The van der Waals surface area contributed by atoms with Crippen molar-refractivity contribution in [3.05, 3.63) is 0 Å². The number of amides is 1. The van der Waals surface area contributed by atoms with E-state index in [1.165, 1.54) is 4.31 Å². The van der Waals surface area contributed by atoms with Crippen molar-refractivity contribution in [2.45, 2.75) is 25.3 Å². The Morgan fingerprint density at radius 1 is 1.50 bits per heavy atom. The van der Waals surface area contributed by atoms with E-state index >= 15 is 0 Å². The lowest BCUT2D eigenvalue weighted by Crippen LogP contribution is -2.49. The largest absolute Gasteiger partial charge is 0.481 e. The molecule has 2 atom stereocenters. The Kier molecular flexibility index (Phi) is 3.58. The molecule has 0 bridgehead atoms. The third-order valence-electron chi connectivity index (χ3n) is 3.48. The van der Waals surface area contributed by atoms with Crippen LogP contribution in [0.3, 0.4) is 0 Å². The molecule has 2 rings (SSSR count). The van der Waals surface area contributed by atoms with Crippen molar-refractivity contribution in [1.82, 2.24) is 9.62 Å². The fourth-order valence-corrected chi connectivity index (χ4v) is 4.30. The summed E-state index contributed by atoms with van der Waals surface area (Å²) in [5, 5.41) is 11.2. The molecule has 1 amide bonds. The normalized spacial score (nSPS) is 28.8. The highest BCUT2D eigenvalue weighted by atomic mass is 32.2. The van der Waals surface area contributed by atoms with E-state index in [9.17, 15) is 18.0 Å². The lowest BCUT2D eigenvalue weighted by atomic mass is 9.93. The second-order valence-electron chi connectivity index (χ2n) is 4.63. The van der Waals surface area contributed by atoms with E-state index in [2.05, 4.69) is 5.32 Å². The van der Waals surface area contributed by atoms with Crippen molar-refractivity contribution in [3.63, 3.8) is 0 Å². The molecule has 0 saturated carbocycles. The Bertz CT molecular complexity index is 461. The molecule has 2 unspecified atom stereocenters. The molecule has 2 heterocycles. The molecule has 18 heavy (non-hydrogen) atoms. The van der Waals surface area contributed by atoms with E-state index in [-0.39, 0.29) is 17.9 Å². The van der Waals surface area contributed by atoms with Crippen molar-refractivity contribution < 1.29 is 23.1 Å². The van der Waals surface area contributed by atoms with Gasteiger partial charge < -0.3 is 10.4 Å². The highest BCUT2D eigenvalue weighted by molar-refractivity contribution is 7.89. The summed E-state index contributed by atoms with van der Waals surface area (Å²) in [6, 6.07) is -0.343. The molecule has 0 radical (unpaired) electrons. The lowest BCUT2D eigenvalue weighted by Gasteiger charge is -2.34. The molecular formula is C10H16N2O5S. The molecule has 0 spiro atoms. The van der Waals surface area contributed by atoms with Crippen molar-refractivity contribution >= 4 is 21.9 Å². The molecule has 7 nitrogen and oxygen atoms in total. The van der Waals surface area contributed by atoms with Gasteiger partial charge in [0.2, 0.25) is 15.9 Å². The predicted molar refractivity (Wildman–Crippen MR) is 62.3 cm³/mol. The van der Waals surface area contributed by atoms with Crippen LogP contribution in [0.2, 0.25) is 0 Å². The lowest BCUT2D eigenvalue weighted by molar-refractivity contribution is -0.136. The minimum absolute atomic E-state index is 0.0989. The van der Waals surface area contributed by atoms with E-state index in [0.29, 0.717) is 25.9 Å². The van der Waals surface area contributed by atoms with Crippen molar-refractivity contribution in [3.8, 4) is 0 Å². The minimum atomic E-state index is -3.60. The second-order valence-corrected chi connectivity index (χ2v) is 6.67. The molecule has 2 aliphatic heterocycles. The van der Waals surface area contributed by atoms with Gasteiger partial charge in [-0.15, -0.1) is 0 Å². The third-order valence-corrected chi connectivity index (χ3v) is 5.37. The average molecular weight is 276 g/mol. The number of sulfonamides is 1. The van der Waals surface area contributed by atoms with Gasteiger partial charge in [0.05, 0.1) is 24.1 Å². The highest BCUT2D eigenvalue weighted by Gasteiger charge is 2.44. The van der Waals surface area contributed by atoms with Gasteiger partial charge in [0.1, 0.15) is 0 Å². The van der Waals surface area contributed by atoms with Crippen LogP contribution >= 0.6 is 0 Å². The summed E-state index contributed by atoms with van der Waals surface area (Å²) in [6.07, 6.45) is 0.930. The Balaban J connectivity index is 2.12. The highest BCUT2D eigenvalue weighted by Crippen LogP contribution is 2.29. The van der Waals surface area contributed by atoms with Crippen LogP contribution in [0.15, 0.2) is 0 Å². The van der Waals surface area contributed by atoms with Crippen LogP contribution in [0, 0.1) is 5.92 Å². The van der Waals surface area contributed by atoms with Gasteiger partial charge in [0, 0.05) is 13.1 Å². The van der Waals surface area contributed by atoms with E-state index in [4.69, 9.17) is 5.11 Å². The number of carbonyl (C=O) groups is 2. The average Bonchev–Trinajstić information content (AvgIpc) is 2.69. The molecule has 2 N–H and O–H groups in total. The Hall–Kier alpha value is -1.15. The maximum Gasteiger partial charge on any atom is 0.304 e. The number of nitrogens with zero attached hydrogens (tertiary/aromatic N) is 1. The van der Waals surface area contributed by atoms with Gasteiger partial charge in [-0.3, -0.25) is 9.59 Å². The Labute approximate surface area is 105 Å². The molecule has 0 aromatic rings. The van der Waals surface area contributed by atoms with Gasteiger partial charge in [-0.1, -0.05) is 0 Å². The maximum atomic E-state index is 12.1. The van der Waals surface area contributed by atoms with Gasteiger partial charge >= 0.3 is 5.97 Å². The number of nitrogens with one attached hydrogen (secondary N) is 1. The first-order valence-electron chi connectivity index (χ1n) is 5.91. The number of aliphatic carboxylic acids is 1. The molecule has 0 aromatic carbocycles. The van der Waals surface area contributed by atoms with Crippen LogP contribution in [0.5, 0.6) is 0 Å². The standard InChI is InChI=1S/C10H16N2O5S/c13-9(14)3-5-18(16,17)12-4-1-2-7-8(12)6-11-10(7)15/h7-8H,1-6H2,(H,11,15)(H,13,14). The summed E-state index contributed by atoms with van der Waals surface area (Å²) >= 11 is 0. The van der Waals surface area contributed by atoms with Crippen LogP contribution in [0.25, 0.3) is 0 Å². The van der Waals surface area contributed by atoms with E-state index in [1.54, 1.807) is 0 Å². The second kappa shape index (κ2) is 4.85. The molecular weight excluding hydrogens is 260 g/mol. The van der Waals surface area contributed by atoms with Gasteiger partial charge in [0.25, 0.3) is 0 Å². The number of hydrogen-bond acceptors (Lipinski definition) is 4. The summed E-state index contributed by atoms with van der Waals surface area (Å²) in [4.78, 5) is 22.0. The van der Waals surface area contributed by atoms with Crippen LogP contribution in [0.4, 0.5) is 0 Å². The number of hydrogen-bond donors (Lipinski definition) is 2. The number of piperidine rings is 1. The summed E-state index contributed by atoms with van der Waals surface area (Å²) in [7, 11) is -3.60. The molecule has 102 valence electrons. The molecule has 0 aliphatic carbocycles. The number of rotatable bonds is 4. The first-order valence-corrected chi connectivity index (χ1v) is 7.52. The van der Waals surface area contributed by atoms with E-state index < -0.39 is 28.2 Å². The fraction of sp³-hybridized carbons (Fsp3) is 0.800. The van der Waals surface area contributed by atoms with Crippen LogP contribution in [-0.4, -0.2) is 54.6 Å². The van der Waals surface area contributed by atoms with Crippen molar-refractivity contribution in [2.75, 3.05) is 18.8 Å². The summed E-state index contributed by atoms with van der Waals surface area (Å²) in [5.41, 5.74) is 0. The molecule has 2 saturated heterocycles. The zero-order chi connectivity index (χ0) is 13.3. The zero-order valence-electron chi connectivity index (χ0n) is 9.83. The van der Waals surface area contributed by atoms with Crippen LogP contribution in [0.1, 0.15) is 19.3 Å². The van der Waals surface area contributed by atoms with Crippen molar-refractivity contribution in [1.29, 1.82) is 0 Å². The number of carboxylic acids is 1. The molecule has 2 aliphatic rings. The first kappa shape index (κ1) is 13.3. The Morgan fingerprint density at radius 2 is 2.22 bits per heavy atom. The minimum Gasteiger partial charge on any atom is -0.481 e. The quantitative estimate of drug-likeness (QED) is 0.685. The number of fused-ring (bicyclic) bond motifs is 1. The SMILES string of the molecule is O=C(O)CCS(=O)(=O)N1CCCC2C(=O)NCC21. The van der Waals surface area contributed by atoms with E-state index in [0.717, 1.165) is 0 Å². The summed E-state index contributed by atoms with van der Waals surface area (Å²) in [5.74, 6) is -1.91.